The topological polar surface area (TPSA) is 58.3 Å². The molecule has 0 amide bonds. The van der Waals surface area contributed by atoms with Gasteiger partial charge in [0.15, 0.2) is 5.96 Å². The summed E-state index contributed by atoms with van der Waals surface area (Å²) in [7, 11) is 3.85. The highest BCUT2D eigenvalue weighted by molar-refractivity contribution is 14.0. The van der Waals surface area contributed by atoms with Gasteiger partial charge in [0.1, 0.15) is 12.2 Å². The SMILES string of the molecule is CCc1nncn1CCNC(=NC)N(C)Cc1ccccc1.I. The molecule has 0 saturated carbocycles. The highest BCUT2D eigenvalue weighted by Gasteiger charge is 2.07. The van der Waals surface area contributed by atoms with Gasteiger partial charge in [0, 0.05) is 40.2 Å². The number of nitrogens with zero attached hydrogens (tertiary/aromatic N) is 5. The number of nitrogens with one attached hydrogen (secondary N) is 1. The van der Waals surface area contributed by atoms with Crippen LogP contribution in [0.3, 0.4) is 0 Å². The van der Waals surface area contributed by atoms with E-state index in [-0.39, 0.29) is 24.0 Å². The Morgan fingerprint density at radius 1 is 1.30 bits per heavy atom. The summed E-state index contributed by atoms with van der Waals surface area (Å²) in [6.45, 7) is 4.53. The molecule has 1 aromatic carbocycles. The van der Waals surface area contributed by atoms with E-state index in [2.05, 4.69) is 61.2 Å². The molecule has 23 heavy (non-hydrogen) atoms. The molecule has 6 nitrogen and oxygen atoms in total. The third-order valence-electron chi connectivity index (χ3n) is 3.48. The van der Waals surface area contributed by atoms with E-state index in [4.69, 9.17) is 0 Å². The second-order valence-corrected chi connectivity index (χ2v) is 5.11. The zero-order chi connectivity index (χ0) is 15.8. The average molecular weight is 428 g/mol. The van der Waals surface area contributed by atoms with Crippen LogP contribution in [0.5, 0.6) is 0 Å². The predicted molar refractivity (Wildman–Crippen MR) is 104 cm³/mol. The number of aryl methyl sites for hydroxylation is 1. The molecule has 0 aliphatic heterocycles. The van der Waals surface area contributed by atoms with Crippen LogP contribution in [0, 0.1) is 0 Å². The maximum atomic E-state index is 4.34. The number of aliphatic imine (C=N–C) groups is 1. The van der Waals surface area contributed by atoms with E-state index in [0.29, 0.717) is 0 Å². The monoisotopic (exact) mass is 428 g/mol. The van der Waals surface area contributed by atoms with Crippen molar-refractivity contribution in [2.75, 3.05) is 20.6 Å². The van der Waals surface area contributed by atoms with Gasteiger partial charge in [-0.2, -0.15) is 0 Å². The van der Waals surface area contributed by atoms with Crippen LogP contribution >= 0.6 is 24.0 Å². The molecule has 0 radical (unpaired) electrons. The molecule has 0 aliphatic rings. The molecule has 0 bridgehead atoms. The van der Waals surface area contributed by atoms with E-state index in [0.717, 1.165) is 37.8 Å². The summed E-state index contributed by atoms with van der Waals surface area (Å²) in [5.41, 5.74) is 1.26. The summed E-state index contributed by atoms with van der Waals surface area (Å²) in [5.74, 6) is 1.89. The standard InChI is InChI=1S/C16H24N6.HI/c1-4-15-20-19-13-22(15)11-10-18-16(17-2)21(3)12-14-8-6-5-7-9-14;/h5-9,13H,4,10-12H2,1-3H3,(H,17,18);1H. The molecule has 0 unspecified atom stereocenters. The minimum atomic E-state index is 0. The largest absolute Gasteiger partial charge is 0.354 e. The van der Waals surface area contributed by atoms with Gasteiger partial charge in [-0.3, -0.25) is 4.99 Å². The molecule has 2 aromatic rings. The van der Waals surface area contributed by atoms with Gasteiger partial charge in [0.25, 0.3) is 0 Å². The molecular formula is C16H25IN6. The van der Waals surface area contributed by atoms with E-state index in [1.165, 1.54) is 5.56 Å². The summed E-state index contributed by atoms with van der Waals surface area (Å²) >= 11 is 0. The molecule has 0 fully saturated rings. The lowest BCUT2D eigenvalue weighted by Crippen LogP contribution is -2.39. The zero-order valence-electron chi connectivity index (χ0n) is 13.9. The summed E-state index contributed by atoms with van der Waals surface area (Å²) in [6, 6.07) is 10.4. The third kappa shape index (κ3) is 5.81. The quantitative estimate of drug-likeness (QED) is 0.436. The molecule has 2 rings (SSSR count). The predicted octanol–water partition coefficient (Wildman–Crippen LogP) is 2.17. The number of halogens is 1. The van der Waals surface area contributed by atoms with Crippen LogP contribution in [0.25, 0.3) is 0 Å². The lowest BCUT2D eigenvalue weighted by Gasteiger charge is -2.22. The Bertz CT molecular complexity index is 596. The minimum absolute atomic E-state index is 0. The van der Waals surface area contributed by atoms with E-state index < -0.39 is 0 Å². The van der Waals surface area contributed by atoms with Crippen molar-refractivity contribution in [2.24, 2.45) is 4.99 Å². The van der Waals surface area contributed by atoms with Gasteiger partial charge in [-0.05, 0) is 5.56 Å². The van der Waals surface area contributed by atoms with Gasteiger partial charge in [-0.15, -0.1) is 34.2 Å². The summed E-state index contributed by atoms with van der Waals surface area (Å²) in [5, 5.41) is 11.4. The van der Waals surface area contributed by atoms with Crippen molar-refractivity contribution in [1.29, 1.82) is 0 Å². The Morgan fingerprint density at radius 3 is 2.70 bits per heavy atom. The van der Waals surface area contributed by atoms with Gasteiger partial charge in [0.05, 0.1) is 0 Å². The van der Waals surface area contributed by atoms with Crippen LogP contribution in [-0.2, 0) is 19.5 Å². The number of guanidine groups is 1. The first-order chi connectivity index (χ1) is 10.7. The smallest absolute Gasteiger partial charge is 0.193 e. The highest BCUT2D eigenvalue weighted by atomic mass is 127. The molecule has 0 atom stereocenters. The van der Waals surface area contributed by atoms with Crippen molar-refractivity contribution in [1.82, 2.24) is 25.0 Å². The van der Waals surface area contributed by atoms with Gasteiger partial charge in [-0.25, -0.2) is 0 Å². The van der Waals surface area contributed by atoms with Crippen molar-refractivity contribution >= 4 is 29.9 Å². The normalized spacial score (nSPS) is 11.0. The number of benzene rings is 1. The molecule has 0 spiro atoms. The highest BCUT2D eigenvalue weighted by Crippen LogP contribution is 2.02. The van der Waals surface area contributed by atoms with Crippen molar-refractivity contribution in [2.45, 2.75) is 26.4 Å². The van der Waals surface area contributed by atoms with Crippen LogP contribution in [0.2, 0.25) is 0 Å². The second kappa shape index (κ2) is 10.2. The van der Waals surface area contributed by atoms with Crippen LogP contribution in [0.1, 0.15) is 18.3 Å². The van der Waals surface area contributed by atoms with Crippen molar-refractivity contribution in [3.05, 3.63) is 48.0 Å². The maximum absolute atomic E-state index is 4.34. The first-order valence-electron chi connectivity index (χ1n) is 7.57. The van der Waals surface area contributed by atoms with Crippen LogP contribution < -0.4 is 5.32 Å². The summed E-state index contributed by atoms with van der Waals surface area (Å²) < 4.78 is 2.07. The van der Waals surface area contributed by atoms with Gasteiger partial charge < -0.3 is 14.8 Å². The summed E-state index contributed by atoms with van der Waals surface area (Å²) in [6.07, 6.45) is 2.67. The van der Waals surface area contributed by atoms with E-state index in [1.807, 2.05) is 13.1 Å². The number of hydrogen-bond acceptors (Lipinski definition) is 3. The Kier molecular flexibility index (Phi) is 8.60. The van der Waals surface area contributed by atoms with Gasteiger partial charge >= 0.3 is 0 Å². The lowest BCUT2D eigenvalue weighted by atomic mass is 10.2. The third-order valence-corrected chi connectivity index (χ3v) is 3.48. The van der Waals surface area contributed by atoms with Crippen molar-refractivity contribution in [3.63, 3.8) is 0 Å². The van der Waals surface area contributed by atoms with Gasteiger partial charge in [-0.1, -0.05) is 37.3 Å². The lowest BCUT2D eigenvalue weighted by molar-refractivity contribution is 0.472. The molecule has 1 heterocycles. The number of aromatic nitrogens is 3. The molecule has 1 aromatic heterocycles. The average Bonchev–Trinajstić information content (AvgIpc) is 3.00. The fraction of sp³-hybridized carbons (Fsp3) is 0.438. The fourth-order valence-electron chi connectivity index (χ4n) is 2.34. The summed E-state index contributed by atoms with van der Waals surface area (Å²) in [4.78, 5) is 6.45. The first kappa shape index (κ1) is 19.4. The Labute approximate surface area is 155 Å². The second-order valence-electron chi connectivity index (χ2n) is 5.11. The van der Waals surface area contributed by atoms with Crippen LogP contribution in [0.15, 0.2) is 41.7 Å². The van der Waals surface area contributed by atoms with Crippen molar-refractivity contribution < 1.29 is 0 Å². The van der Waals surface area contributed by atoms with E-state index >= 15 is 0 Å². The number of rotatable bonds is 6. The molecule has 1 N–H and O–H groups in total. The molecule has 126 valence electrons. The maximum Gasteiger partial charge on any atom is 0.193 e. The minimum Gasteiger partial charge on any atom is -0.354 e. The molecular weight excluding hydrogens is 403 g/mol. The number of hydrogen-bond donors (Lipinski definition) is 1. The Balaban J connectivity index is 0.00000264. The fourth-order valence-corrected chi connectivity index (χ4v) is 2.34. The van der Waals surface area contributed by atoms with Gasteiger partial charge in [0.2, 0.25) is 0 Å². The van der Waals surface area contributed by atoms with E-state index in [9.17, 15) is 0 Å². The van der Waals surface area contributed by atoms with Crippen molar-refractivity contribution in [3.8, 4) is 0 Å². The van der Waals surface area contributed by atoms with Crippen LogP contribution in [0.4, 0.5) is 0 Å². The van der Waals surface area contributed by atoms with Crippen LogP contribution in [-0.4, -0.2) is 46.3 Å². The molecule has 0 aliphatic carbocycles. The Morgan fingerprint density at radius 2 is 2.04 bits per heavy atom. The Hall–Kier alpha value is -1.64. The zero-order valence-corrected chi connectivity index (χ0v) is 16.3. The molecule has 0 saturated heterocycles. The first-order valence-corrected chi connectivity index (χ1v) is 7.57. The molecule has 7 heteroatoms. The van der Waals surface area contributed by atoms with E-state index in [1.54, 1.807) is 13.4 Å².